The molecular formula is C14H15BrN2O2. The van der Waals surface area contributed by atoms with Crippen molar-refractivity contribution in [2.45, 2.75) is 6.54 Å². The molecule has 0 radical (unpaired) electrons. The van der Waals surface area contributed by atoms with E-state index in [0.717, 1.165) is 27.5 Å². The molecule has 1 aromatic carbocycles. The van der Waals surface area contributed by atoms with Gasteiger partial charge in [0.2, 0.25) is 0 Å². The Kier molecular flexibility index (Phi) is 4.63. The van der Waals surface area contributed by atoms with Crippen LogP contribution < -0.4 is 14.8 Å². The summed E-state index contributed by atoms with van der Waals surface area (Å²) in [5, 5.41) is 3.25. The molecule has 4 nitrogen and oxygen atoms in total. The molecule has 0 spiro atoms. The van der Waals surface area contributed by atoms with Crippen LogP contribution in [0, 0.1) is 0 Å². The highest BCUT2D eigenvalue weighted by Crippen LogP contribution is 2.27. The first-order chi connectivity index (χ1) is 9.22. The van der Waals surface area contributed by atoms with E-state index in [1.54, 1.807) is 14.2 Å². The molecule has 0 amide bonds. The van der Waals surface area contributed by atoms with Crippen LogP contribution in [0.4, 0.5) is 5.82 Å². The minimum Gasteiger partial charge on any atom is -0.493 e. The molecule has 2 aromatic rings. The highest BCUT2D eigenvalue weighted by molar-refractivity contribution is 9.10. The SMILES string of the molecule is COc1ccc(CNc2cccc(Br)n2)cc1OC. The number of ether oxygens (including phenoxy) is 2. The molecule has 0 fully saturated rings. The van der Waals surface area contributed by atoms with Gasteiger partial charge in [0, 0.05) is 6.54 Å². The molecule has 0 saturated heterocycles. The Morgan fingerprint density at radius 3 is 2.58 bits per heavy atom. The summed E-state index contributed by atoms with van der Waals surface area (Å²) in [5.41, 5.74) is 1.10. The standard InChI is InChI=1S/C14H15BrN2O2/c1-18-11-7-6-10(8-12(11)19-2)9-16-14-5-3-4-13(15)17-14/h3-8H,9H2,1-2H3,(H,16,17). The van der Waals surface area contributed by atoms with Crippen LogP contribution >= 0.6 is 15.9 Å². The lowest BCUT2D eigenvalue weighted by Gasteiger charge is -2.10. The maximum atomic E-state index is 5.27. The largest absolute Gasteiger partial charge is 0.493 e. The van der Waals surface area contributed by atoms with Crippen molar-refractivity contribution in [3.63, 3.8) is 0 Å². The van der Waals surface area contributed by atoms with Crippen molar-refractivity contribution in [2.24, 2.45) is 0 Å². The monoisotopic (exact) mass is 322 g/mol. The van der Waals surface area contributed by atoms with E-state index in [4.69, 9.17) is 9.47 Å². The fraction of sp³-hybridized carbons (Fsp3) is 0.214. The van der Waals surface area contributed by atoms with Gasteiger partial charge in [0.05, 0.1) is 14.2 Å². The zero-order valence-electron chi connectivity index (χ0n) is 10.8. The van der Waals surface area contributed by atoms with Gasteiger partial charge in [0.25, 0.3) is 0 Å². The first-order valence-corrected chi connectivity index (χ1v) is 6.59. The summed E-state index contributed by atoms with van der Waals surface area (Å²) in [7, 11) is 3.26. The van der Waals surface area contributed by atoms with Crippen molar-refractivity contribution >= 4 is 21.7 Å². The van der Waals surface area contributed by atoms with Gasteiger partial charge in [-0.3, -0.25) is 0 Å². The normalized spacial score (nSPS) is 10.1. The number of halogens is 1. The maximum absolute atomic E-state index is 5.27. The van der Waals surface area contributed by atoms with Gasteiger partial charge in [-0.1, -0.05) is 12.1 Å². The summed E-state index contributed by atoms with van der Waals surface area (Å²) in [6.45, 7) is 0.670. The van der Waals surface area contributed by atoms with Gasteiger partial charge < -0.3 is 14.8 Å². The Labute approximate surface area is 120 Å². The van der Waals surface area contributed by atoms with Crippen LogP contribution in [0.3, 0.4) is 0 Å². The fourth-order valence-corrected chi connectivity index (χ4v) is 2.03. The van der Waals surface area contributed by atoms with E-state index in [-0.39, 0.29) is 0 Å². The predicted molar refractivity (Wildman–Crippen MR) is 78.8 cm³/mol. The number of anilines is 1. The summed E-state index contributed by atoms with van der Waals surface area (Å²) in [6.07, 6.45) is 0. The Hall–Kier alpha value is -1.75. The lowest BCUT2D eigenvalue weighted by Crippen LogP contribution is -2.02. The number of hydrogen-bond donors (Lipinski definition) is 1. The van der Waals surface area contributed by atoms with Gasteiger partial charge in [0.1, 0.15) is 10.4 Å². The third-order valence-electron chi connectivity index (χ3n) is 2.64. The van der Waals surface area contributed by atoms with Crippen molar-refractivity contribution < 1.29 is 9.47 Å². The van der Waals surface area contributed by atoms with Crippen LogP contribution in [0.5, 0.6) is 11.5 Å². The number of nitrogens with one attached hydrogen (secondary N) is 1. The molecule has 1 heterocycles. The van der Waals surface area contributed by atoms with Crippen molar-refractivity contribution in [2.75, 3.05) is 19.5 Å². The van der Waals surface area contributed by atoms with Gasteiger partial charge >= 0.3 is 0 Å². The summed E-state index contributed by atoms with van der Waals surface area (Å²) in [6, 6.07) is 11.6. The minimum atomic E-state index is 0.670. The lowest BCUT2D eigenvalue weighted by atomic mass is 10.2. The van der Waals surface area contributed by atoms with E-state index < -0.39 is 0 Å². The number of benzene rings is 1. The third kappa shape index (κ3) is 3.61. The van der Waals surface area contributed by atoms with Gasteiger partial charge in [-0.15, -0.1) is 0 Å². The van der Waals surface area contributed by atoms with Gasteiger partial charge in [-0.25, -0.2) is 4.98 Å². The number of rotatable bonds is 5. The zero-order chi connectivity index (χ0) is 13.7. The van der Waals surface area contributed by atoms with Crippen molar-refractivity contribution in [3.05, 3.63) is 46.6 Å². The number of nitrogens with zero attached hydrogens (tertiary/aromatic N) is 1. The Morgan fingerprint density at radius 1 is 1.11 bits per heavy atom. The van der Waals surface area contributed by atoms with E-state index in [1.165, 1.54) is 0 Å². The molecule has 2 rings (SSSR count). The third-order valence-corrected chi connectivity index (χ3v) is 3.08. The molecule has 0 saturated carbocycles. The molecule has 5 heteroatoms. The Balaban J connectivity index is 2.07. The molecule has 19 heavy (non-hydrogen) atoms. The average Bonchev–Trinajstić information content (AvgIpc) is 2.45. The summed E-state index contributed by atoms with van der Waals surface area (Å²) in [4.78, 5) is 4.31. The lowest BCUT2D eigenvalue weighted by molar-refractivity contribution is 0.354. The smallest absolute Gasteiger partial charge is 0.161 e. The van der Waals surface area contributed by atoms with E-state index in [1.807, 2.05) is 36.4 Å². The van der Waals surface area contributed by atoms with Crippen LogP contribution in [0.25, 0.3) is 0 Å². The second kappa shape index (κ2) is 6.43. The van der Waals surface area contributed by atoms with Crippen LogP contribution in [0.1, 0.15) is 5.56 Å². The van der Waals surface area contributed by atoms with Crippen LogP contribution in [-0.2, 0) is 6.54 Å². The molecule has 0 aliphatic rings. The van der Waals surface area contributed by atoms with Crippen LogP contribution in [0.15, 0.2) is 41.0 Å². The molecule has 0 atom stereocenters. The molecule has 0 unspecified atom stereocenters. The quantitative estimate of drug-likeness (QED) is 0.856. The molecule has 0 bridgehead atoms. The Bertz CT molecular complexity index is 561. The summed E-state index contributed by atoms with van der Waals surface area (Å²) >= 11 is 3.34. The number of pyridine rings is 1. The van der Waals surface area contributed by atoms with Crippen molar-refractivity contribution in [1.82, 2.24) is 4.98 Å². The molecule has 1 aromatic heterocycles. The zero-order valence-corrected chi connectivity index (χ0v) is 12.4. The van der Waals surface area contributed by atoms with E-state index >= 15 is 0 Å². The Morgan fingerprint density at radius 2 is 1.89 bits per heavy atom. The van der Waals surface area contributed by atoms with Crippen LogP contribution in [0.2, 0.25) is 0 Å². The number of aromatic nitrogens is 1. The number of methoxy groups -OCH3 is 2. The maximum Gasteiger partial charge on any atom is 0.161 e. The first kappa shape index (κ1) is 13.7. The van der Waals surface area contributed by atoms with Gasteiger partial charge in [-0.2, -0.15) is 0 Å². The average molecular weight is 323 g/mol. The van der Waals surface area contributed by atoms with E-state index in [9.17, 15) is 0 Å². The molecular weight excluding hydrogens is 308 g/mol. The van der Waals surface area contributed by atoms with Crippen molar-refractivity contribution in [3.8, 4) is 11.5 Å². The molecule has 0 aliphatic heterocycles. The highest BCUT2D eigenvalue weighted by atomic mass is 79.9. The first-order valence-electron chi connectivity index (χ1n) is 5.80. The topological polar surface area (TPSA) is 43.4 Å². The van der Waals surface area contributed by atoms with Crippen molar-refractivity contribution in [1.29, 1.82) is 0 Å². The van der Waals surface area contributed by atoms with Gasteiger partial charge in [-0.05, 0) is 45.8 Å². The highest BCUT2D eigenvalue weighted by Gasteiger charge is 2.04. The molecule has 0 aliphatic carbocycles. The second-order valence-electron chi connectivity index (χ2n) is 3.89. The summed E-state index contributed by atoms with van der Waals surface area (Å²) in [5.74, 6) is 2.28. The molecule has 1 N–H and O–H groups in total. The fourth-order valence-electron chi connectivity index (χ4n) is 1.69. The van der Waals surface area contributed by atoms with Gasteiger partial charge in [0.15, 0.2) is 11.5 Å². The predicted octanol–water partition coefficient (Wildman–Crippen LogP) is 3.47. The van der Waals surface area contributed by atoms with E-state index in [2.05, 4.69) is 26.2 Å². The summed E-state index contributed by atoms with van der Waals surface area (Å²) < 4.78 is 11.3. The molecule has 100 valence electrons. The van der Waals surface area contributed by atoms with Crippen LogP contribution in [-0.4, -0.2) is 19.2 Å². The minimum absolute atomic E-state index is 0.670. The van der Waals surface area contributed by atoms with E-state index in [0.29, 0.717) is 6.54 Å². The number of hydrogen-bond acceptors (Lipinski definition) is 4. The second-order valence-corrected chi connectivity index (χ2v) is 4.70.